The highest BCUT2D eigenvalue weighted by Gasteiger charge is 2.21. The molecule has 0 bridgehead atoms. The van der Waals surface area contributed by atoms with Crippen LogP contribution in [0.3, 0.4) is 0 Å². The van der Waals surface area contributed by atoms with E-state index in [0.29, 0.717) is 6.42 Å². The summed E-state index contributed by atoms with van der Waals surface area (Å²) < 4.78 is 33.3. The fourth-order valence-electron chi connectivity index (χ4n) is 3.91. The van der Waals surface area contributed by atoms with Gasteiger partial charge in [-0.05, 0) is 63.2 Å². The van der Waals surface area contributed by atoms with Gasteiger partial charge in [0.25, 0.3) is 5.56 Å². The van der Waals surface area contributed by atoms with Crippen LogP contribution in [0.15, 0.2) is 53.3 Å². The Balaban J connectivity index is 0.000000523. The van der Waals surface area contributed by atoms with Crippen LogP contribution in [0.25, 0.3) is 10.8 Å². The van der Waals surface area contributed by atoms with Crippen LogP contribution in [0, 0.1) is 0 Å². The highest BCUT2D eigenvalue weighted by atomic mass is 35.5. The van der Waals surface area contributed by atoms with Crippen molar-refractivity contribution in [1.29, 1.82) is 0 Å². The first-order valence-corrected chi connectivity index (χ1v) is 12.0. The Bertz CT molecular complexity index is 1220. The van der Waals surface area contributed by atoms with E-state index in [1.54, 1.807) is 4.68 Å². The molecule has 10 heteroatoms. The lowest BCUT2D eigenvalue weighted by Crippen LogP contribution is -2.29. The van der Waals surface area contributed by atoms with Gasteiger partial charge in [-0.15, -0.1) is 0 Å². The van der Waals surface area contributed by atoms with E-state index < -0.39 is 10.4 Å². The number of halogens is 1. The number of aromatic nitrogens is 2. The van der Waals surface area contributed by atoms with Crippen LogP contribution in [0.1, 0.15) is 36.6 Å². The van der Waals surface area contributed by atoms with Crippen LogP contribution in [-0.4, -0.2) is 52.3 Å². The van der Waals surface area contributed by atoms with E-state index in [2.05, 4.69) is 11.9 Å². The summed E-state index contributed by atoms with van der Waals surface area (Å²) in [5.74, 6) is 0. The molecule has 0 spiro atoms. The summed E-state index contributed by atoms with van der Waals surface area (Å²) in [4.78, 5) is 15.5. The minimum atomic E-state index is -4.67. The molecule has 1 aliphatic heterocycles. The van der Waals surface area contributed by atoms with E-state index in [4.69, 9.17) is 34.2 Å². The SMILES string of the molecule is CN1CCCC(n2nc(Cc3ccc(Cl)cc3)c3ccccc3c2=O)CC1.O=S(=O)(O)O. The van der Waals surface area contributed by atoms with Gasteiger partial charge < -0.3 is 4.90 Å². The second-order valence-electron chi connectivity index (χ2n) is 7.88. The zero-order valence-corrected chi connectivity index (χ0v) is 19.3. The second-order valence-corrected chi connectivity index (χ2v) is 9.21. The molecule has 2 N–H and O–H groups in total. The van der Waals surface area contributed by atoms with Crippen LogP contribution >= 0.6 is 11.6 Å². The summed E-state index contributed by atoms with van der Waals surface area (Å²) in [6, 6.07) is 15.8. The molecule has 4 rings (SSSR count). The predicted octanol–water partition coefficient (Wildman–Crippen LogP) is 3.64. The molecule has 1 fully saturated rings. The largest absolute Gasteiger partial charge is 0.394 e. The standard InChI is InChI=1S/C22H24ClN3O.H2O4S/c1-25-13-4-5-18(12-14-25)26-22(27)20-7-3-2-6-19(20)21(24-26)15-16-8-10-17(23)11-9-16;1-5(2,3)4/h2-3,6-11,18H,4-5,12-15H2,1H3;(H2,1,2,3,4). The van der Waals surface area contributed by atoms with E-state index in [-0.39, 0.29) is 11.6 Å². The third-order valence-corrected chi connectivity index (χ3v) is 5.71. The predicted molar refractivity (Wildman–Crippen MR) is 125 cm³/mol. The molecule has 1 aromatic heterocycles. The molecule has 1 aliphatic rings. The zero-order chi connectivity index (χ0) is 23.3. The smallest absolute Gasteiger partial charge is 0.306 e. The Morgan fingerprint density at radius 2 is 1.66 bits per heavy atom. The van der Waals surface area contributed by atoms with Gasteiger partial charge in [0.2, 0.25) is 0 Å². The van der Waals surface area contributed by atoms with Crippen molar-refractivity contribution in [1.82, 2.24) is 14.7 Å². The third kappa shape index (κ3) is 6.85. The third-order valence-electron chi connectivity index (χ3n) is 5.46. The van der Waals surface area contributed by atoms with Crippen LogP contribution in [0.2, 0.25) is 5.02 Å². The van der Waals surface area contributed by atoms with Gasteiger partial charge >= 0.3 is 10.4 Å². The molecule has 0 saturated carbocycles. The average molecular weight is 480 g/mol. The first-order valence-electron chi connectivity index (χ1n) is 10.2. The van der Waals surface area contributed by atoms with Crippen molar-refractivity contribution in [2.75, 3.05) is 20.1 Å². The molecule has 32 heavy (non-hydrogen) atoms. The summed E-state index contributed by atoms with van der Waals surface area (Å²) in [5.41, 5.74) is 2.12. The van der Waals surface area contributed by atoms with Gasteiger partial charge in [-0.25, -0.2) is 4.68 Å². The van der Waals surface area contributed by atoms with Crippen molar-refractivity contribution in [2.45, 2.75) is 31.7 Å². The summed E-state index contributed by atoms with van der Waals surface area (Å²) in [5, 5.41) is 7.29. The Labute approximate surface area is 192 Å². The van der Waals surface area contributed by atoms with Gasteiger partial charge in [0.05, 0.1) is 17.1 Å². The lowest BCUT2D eigenvalue weighted by molar-refractivity contribution is 0.334. The topological polar surface area (TPSA) is 113 Å². The molecule has 1 unspecified atom stereocenters. The van der Waals surface area contributed by atoms with Crippen molar-refractivity contribution < 1.29 is 17.5 Å². The molecule has 1 atom stereocenters. The van der Waals surface area contributed by atoms with Gasteiger partial charge in [-0.2, -0.15) is 13.5 Å². The van der Waals surface area contributed by atoms with Gasteiger partial charge in [-0.1, -0.05) is 41.9 Å². The van der Waals surface area contributed by atoms with Crippen LogP contribution in [0.5, 0.6) is 0 Å². The molecule has 8 nitrogen and oxygen atoms in total. The van der Waals surface area contributed by atoms with Crippen molar-refractivity contribution in [3.05, 3.63) is 75.2 Å². The molecular formula is C22H26ClN3O5S. The van der Waals surface area contributed by atoms with E-state index >= 15 is 0 Å². The van der Waals surface area contributed by atoms with Gasteiger partial charge in [-0.3, -0.25) is 13.9 Å². The first kappa shape index (κ1) is 24.3. The summed E-state index contributed by atoms with van der Waals surface area (Å²) >= 11 is 6.02. The Hall–Kier alpha value is -2.30. The fraction of sp³-hybridized carbons (Fsp3) is 0.364. The number of likely N-dealkylation sites (tertiary alicyclic amines) is 1. The molecule has 0 amide bonds. The fourth-order valence-corrected chi connectivity index (χ4v) is 4.04. The highest BCUT2D eigenvalue weighted by Crippen LogP contribution is 2.23. The van der Waals surface area contributed by atoms with E-state index in [1.165, 1.54) is 0 Å². The molecule has 2 aromatic carbocycles. The van der Waals surface area contributed by atoms with Crippen molar-refractivity contribution in [2.24, 2.45) is 0 Å². The zero-order valence-electron chi connectivity index (χ0n) is 17.7. The normalized spacial score (nSPS) is 17.4. The van der Waals surface area contributed by atoms with Crippen LogP contribution in [0.4, 0.5) is 0 Å². The monoisotopic (exact) mass is 479 g/mol. The van der Waals surface area contributed by atoms with Crippen LogP contribution in [-0.2, 0) is 16.8 Å². The summed E-state index contributed by atoms with van der Waals surface area (Å²) in [6.45, 7) is 2.08. The molecular weight excluding hydrogens is 454 g/mol. The molecule has 1 saturated heterocycles. The van der Waals surface area contributed by atoms with Crippen molar-refractivity contribution in [3.63, 3.8) is 0 Å². The maximum absolute atomic E-state index is 13.1. The van der Waals surface area contributed by atoms with Gasteiger partial charge in [0.15, 0.2) is 0 Å². The Morgan fingerprint density at radius 1 is 1.03 bits per heavy atom. The minimum Gasteiger partial charge on any atom is -0.306 e. The van der Waals surface area contributed by atoms with Crippen molar-refractivity contribution >= 4 is 32.8 Å². The second kappa shape index (κ2) is 10.5. The Morgan fingerprint density at radius 3 is 2.31 bits per heavy atom. The average Bonchev–Trinajstić information content (AvgIpc) is 2.95. The number of nitrogens with zero attached hydrogens (tertiary/aromatic N) is 3. The van der Waals surface area contributed by atoms with Gasteiger partial charge in [0, 0.05) is 16.8 Å². The van der Waals surface area contributed by atoms with Crippen molar-refractivity contribution in [3.8, 4) is 0 Å². The molecule has 0 radical (unpaired) electrons. The highest BCUT2D eigenvalue weighted by molar-refractivity contribution is 7.79. The maximum Gasteiger partial charge on any atom is 0.394 e. The quantitative estimate of drug-likeness (QED) is 0.551. The van der Waals surface area contributed by atoms with Gasteiger partial charge in [0.1, 0.15) is 0 Å². The number of hydrogen-bond acceptors (Lipinski definition) is 5. The minimum absolute atomic E-state index is 0.0278. The number of benzene rings is 2. The Kier molecular flexibility index (Phi) is 8.02. The number of fused-ring (bicyclic) bond motifs is 1. The maximum atomic E-state index is 13.1. The number of hydrogen-bond donors (Lipinski definition) is 2. The lowest BCUT2D eigenvalue weighted by Gasteiger charge is -2.19. The molecule has 2 heterocycles. The molecule has 3 aromatic rings. The first-order chi connectivity index (χ1) is 15.1. The summed E-state index contributed by atoms with van der Waals surface area (Å²) in [6.07, 6.45) is 3.73. The van der Waals surface area contributed by atoms with E-state index in [0.717, 1.165) is 59.4 Å². The molecule has 172 valence electrons. The molecule has 0 aliphatic carbocycles. The number of rotatable bonds is 3. The summed E-state index contributed by atoms with van der Waals surface area (Å²) in [7, 11) is -2.52. The lowest BCUT2D eigenvalue weighted by atomic mass is 10.0. The van der Waals surface area contributed by atoms with E-state index in [1.807, 2.05) is 48.5 Å². The van der Waals surface area contributed by atoms with Crippen LogP contribution < -0.4 is 5.56 Å². The van der Waals surface area contributed by atoms with E-state index in [9.17, 15) is 4.79 Å².